The van der Waals surface area contributed by atoms with Gasteiger partial charge in [0.2, 0.25) is 0 Å². The van der Waals surface area contributed by atoms with E-state index in [1.165, 1.54) is 12.1 Å². The highest BCUT2D eigenvalue weighted by Gasteiger charge is 2.20. The molecule has 0 N–H and O–H groups in total. The molecule has 6 heteroatoms. The third kappa shape index (κ3) is 2.41. The fourth-order valence-electron chi connectivity index (χ4n) is 1.30. The van der Waals surface area contributed by atoms with E-state index >= 15 is 0 Å². The standard InChI is InChI=1S/C10H10ClFN2O2/c11-8-3-2-7(10(12)13-8)16-6-9(15)14-4-1-5-14/h2-3H,1,4-6H2. The van der Waals surface area contributed by atoms with Gasteiger partial charge in [-0.3, -0.25) is 4.79 Å². The average molecular weight is 245 g/mol. The Morgan fingerprint density at radius 3 is 2.88 bits per heavy atom. The van der Waals surface area contributed by atoms with Gasteiger partial charge >= 0.3 is 0 Å². The lowest BCUT2D eigenvalue weighted by atomic mass is 10.2. The number of carbonyl (C=O) groups excluding carboxylic acids is 1. The normalized spacial score (nSPS) is 14.5. The van der Waals surface area contributed by atoms with Crippen molar-refractivity contribution >= 4 is 17.5 Å². The molecule has 0 radical (unpaired) electrons. The van der Waals surface area contributed by atoms with E-state index in [-0.39, 0.29) is 23.4 Å². The number of pyridine rings is 1. The number of likely N-dealkylation sites (tertiary alicyclic amines) is 1. The third-order valence-electron chi connectivity index (χ3n) is 2.34. The fourth-order valence-corrected chi connectivity index (χ4v) is 1.44. The van der Waals surface area contributed by atoms with Crippen LogP contribution in [0, 0.1) is 5.95 Å². The molecule has 16 heavy (non-hydrogen) atoms. The third-order valence-corrected chi connectivity index (χ3v) is 2.55. The number of amides is 1. The number of nitrogens with zero attached hydrogens (tertiary/aromatic N) is 2. The van der Waals surface area contributed by atoms with Crippen molar-refractivity contribution in [3.63, 3.8) is 0 Å². The van der Waals surface area contributed by atoms with Gasteiger partial charge in [-0.25, -0.2) is 4.98 Å². The molecule has 1 saturated heterocycles. The SMILES string of the molecule is O=C(COc1ccc(Cl)nc1F)N1CCC1. The number of carbonyl (C=O) groups is 1. The van der Waals surface area contributed by atoms with E-state index in [0.717, 1.165) is 19.5 Å². The molecule has 1 aromatic heterocycles. The second-order valence-electron chi connectivity index (χ2n) is 3.45. The highest BCUT2D eigenvalue weighted by atomic mass is 35.5. The Hall–Kier alpha value is -1.36. The summed E-state index contributed by atoms with van der Waals surface area (Å²) in [6.45, 7) is 1.34. The van der Waals surface area contributed by atoms with Crippen LogP contribution in [0.1, 0.15) is 6.42 Å². The van der Waals surface area contributed by atoms with Crippen molar-refractivity contribution in [2.24, 2.45) is 0 Å². The van der Waals surface area contributed by atoms with E-state index < -0.39 is 5.95 Å². The quantitative estimate of drug-likeness (QED) is 0.757. The van der Waals surface area contributed by atoms with Gasteiger partial charge in [0.15, 0.2) is 12.4 Å². The summed E-state index contributed by atoms with van der Waals surface area (Å²) >= 11 is 5.48. The van der Waals surface area contributed by atoms with Gasteiger partial charge in [0.1, 0.15) is 5.15 Å². The zero-order valence-electron chi connectivity index (χ0n) is 8.45. The Morgan fingerprint density at radius 1 is 1.56 bits per heavy atom. The predicted molar refractivity (Wildman–Crippen MR) is 55.9 cm³/mol. The van der Waals surface area contributed by atoms with Crippen LogP contribution in [0.15, 0.2) is 12.1 Å². The van der Waals surface area contributed by atoms with Gasteiger partial charge in [0.25, 0.3) is 11.9 Å². The number of rotatable bonds is 3. The van der Waals surface area contributed by atoms with Gasteiger partial charge in [-0.15, -0.1) is 0 Å². The maximum Gasteiger partial charge on any atom is 0.260 e. The van der Waals surface area contributed by atoms with E-state index in [0.29, 0.717) is 0 Å². The number of hydrogen-bond acceptors (Lipinski definition) is 3. The fraction of sp³-hybridized carbons (Fsp3) is 0.400. The summed E-state index contributed by atoms with van der Waals surface area (Å²) in [5, 5.41) is 0.0546. The van der Waals surface area contributed by atoms with Crippen LogP contribution in [0.25, 0.3) is 0 Å². The van der Waals surface area contributed by atoms with Gasteiger partial charge in [-0.2, -0.15) is 4.39 Å². The molecule has 2 rings (SSSR count). The molecule has 0 unspecified atom stereocenters. The van der Waals surface area contributed by atoms with E-state index in [9.17, 15) is 9.18 Å². The number of hydrogen-bond donors (Lipinski definition) is 0. The largest absolute Gasteiger partial charge is 0.479 e. The van der Waals surface area contributed by atoms with Crippen LogP contribution >= 0.6 is 11.6 Å². The first-order valence-corrected chi connectivity index (χ1v) is 5.27. The lowest BCUT2D eigenvalue weighted by molar-refractivity contribution is -0.136. The maximum absolute atomic E-state index is 13.2. The van der Waals surface area contributed by atoms with Crippen LogP contribution in [-0.2, 0) is 4.79 Å². The summed E-state index contributed by atoms with van der Waals surface area (Å²) in [7, 11) is 0. The number of aromatic nitrogens is 1. The van der Waals surface area contributed by atoms with Crippen LogP contribution in [0.3, 0.4) is 0 Å². The molecule has 86 valence electrons. The highest BCUT2D eigenvalue weighted by Crippen LogP contribution is 2.17. The lowest BCUT2D eigenvalue weighted by Gasteiger charge is -2.30. The summed E-state index contributed by atoms with van der Waals surface area (Å²) in [4.78, 5) is 16.4. The first kappa shape index (κ1) is 11.1. The van der Waals surface area contributed by atoms with Crippen LogP contribution in [0.5, 0.6) is 5.75 Å². The zero-order valence-corrected chi connectivity index (χ0v) is 9.21. The highest BCUT2D eigenvalue weighted by molar-refractivity contribution is 6.29. The average Bonchev–Trinajstić information content (AvgIpc) is 2.13. The summed E-state index contributed by atoms with van der Waals surface area (Å²) in [6, 6.07) is 2.77. The van der Waals surface area contributed by atoms with Crippen molar-refractivity contribution in [3.05, 3.63) is 23.2 Å². The van der Waals surface area contributed by atoms with E-state index in [4.69, 9.17) is 16.3 Å². The molecule has 1 aliphatic rings. The van der Waals surface area contributed by atoms with E-state index in [1.54, 1.807) is 4.90 Å². The maximum atomic E-state index is 13.2. The Kier molecular flexibility index (Phi) is 3.24. The minimum absolute atomic E-state index is 0.0546. The minimum Gasteiger partial charge on any atom is -0.479 e. The molecule has 1 aliphatic heterocycles. The first-order chi connectivity index (χ1) is 7.66. The van der Waals surface area contributed by atoms with E-state index in [1.807, 2.05) is 0 Å². The summed E-state index contributed by atoms with van der Waals surface area (Å²) in [5.74, 6) is -0.997. The van der Waals surface area contributed by atoms with Crippen molar-refractivity contribution in [1.82, 2.24) is 9.88 Å². The molecule has 1 fully saturated rings. The second kappa shape index (κ2) is 4.65. The summed E-state index contributed by atoms with van der Waals surface area (Å²) in [6.07, 6.45) is 1.02. The number of ether oxygens (including phenoxy) is 1. The van der Waals surface area contributed by atoms with Crippen LogP contribution in [0.4, 0.5) is 4.39 Å². The molecule has 0 aliphatic carbocycles. The molecule has 4 nitrogen and oxygen atoms in total. The summed E-state index contributed by atoms with van der Waals surface area (Å²) in [5.41, 5.74) is 0. The molecule has 1 aromatic rings. The topological polar surface area (TPSA) is 42.4 Å². The van der Waals surface area contributed by atoms with Gasteiger partial charge in [0.05, 0.1) is 0 Å². The zero-order chi connectivity index (χ0) is 11.5. The van der Waals surface area contributed by atoms with Gasteiger partial charge in [-0.1, -0.05) is 11.6 Å². The van der Waals surface area contributed by atoms with Crippen molar-refractivity contribution in [2.45, 2.75) is 6.42 Å². The van der Waals surface area contributed by atoms with Crippen LogP contribution < -0.4 is 4.74 Å². The van der Waals surface area contributed by atoms with Gasteiger partial charge < -0.3 is 9.64 Å². The second-order valence-corrected chi connectivity index (χ2v) is 3.83. The first-order valence-electron chi connectivity index (χ1n) is 4.89. The molecule has 0 saturated carbocycles. The molecule has 0 bridgehead atoms. The molecule has 0 atom stereocenters. The Balaban J connectivity index is 1.91. The minimum atomic E-state index is -0.802. The number of halogens is 2. The Morgan fingerprint density at radius 2 is 2.31 bits per heavy atom. The lowest BCUT2D eigenvalue weighted by Crippen LogP contribution is -2.44. The predicted octanol–water partition coefficient (Wildman–Crippen LogP) is 1.49. The molecule has 0 spiro atoms. The van der Waals surface area contributed by atoms with Crippen molar-refractivity contribution in [3.8, 4) is 5.75 Å². The van der Waals surface area contributed by atoms with Crippen molar-refractivity contribution in [1.29, 1.82) is 0 Å². The molecule has 2 heterocycles. The molecule has 1 amide bonds. The smallest absolute Gasteiger partial charge is 0.260 e. The van der Waals surface area contributed by atoms with Gasteiger partial charge in [-0.05, 0) is 18.6 Å². The Labute approximate surface area is 97.0 Å². The van der Waals surface area contributed by atoms with Crippen molar-refractivity contribution < 1.29 is 13.9 Å². The Bertz CT molecular complexity index is 410. The molecular formula is C10H10ClFN2O2. The summed E-state index contributed by atoms with van der Waals surface area (Å²) < 4.78 is 18.2. The van der Waals surface area contributed by atoms with E-state index in [2.05, 4.69) is 4.98 Å². The van der Waals surface area contributed by atoms with Crippen LogP contribution in [0.2, 0.25) is 5.15 Å². The van der Waals surface area contributed by atoms with Crippen molar-refractivity contribution in [2.75, 3.05) is 19.7 Å². The van der Waals surface area contributed by atoms with Gasteiger partial charge in [0, 0.05) is 13.1 Å². The van der Waals surface area contributed by atoms with Crippen LogP contribution in [-0.4, -0.2) is 35.5 Å². The molecular weight excluding hydrogens is 235 g/mol. The molecule has 0 aromatic carbocycles. The monoisotopic (exact) mass is 244 g/mol.